The predicted octanol–water partition coefficient (Wildman–Crippen LogP) is 2.25. The van der Waals surface area contributed by atoms with Gasteiger partial charge in [0.1, 0.15) is 4.90 Å². The molecular formula is C15H18ClN3O2S. The number of nitrogens with zero attached hydrogens (tertiary/aromatic N) is 2. The molecule has 22 heavy (non-hydrogen) atoms. The van der Waals surface area contributed by atoms with E-state index in [1.807, 2.05) is 13.0 Å². The van der Waals surface area contributed by atoms with Gasteiger partial charge in [-0.25, -0.2) is 8.42 Å². The van der Waals surface area contributed by atoms with Gasteiger partial charge >= 0.3 is 0 Å². The van der Waals surface area contributed by atoms with Gasteiger partial charge < -0.3 is 5.73 Å². The van der Waals surface area contributed by atoms with Gasteiger partial charge in [-0.3, -0.25) is 4.98 Å². The van der Waals surface area contributed by atoms with Crippen molar-refractivity contribution in [2.45, 2.75) is 24.3 Å². The molecule has 1 aromatic heterocycles. The van der Waals surface area contributed by atoms with Crippen LogP contribution in [-0.2, 0) is 10.0 Å². The maximum atomic E-state index is 13.0. The second-order valence-electron chi connectivity index (χ2n) is 5.75. The highest BCUT2D eigenvalue weighted by atomic mass is 35.5. The Morgan fingerprint density at radius 2 is 2.23 bits per heavy atom. The molecule has 3 rings (SSSR count). The van der Waals surface area contributed by atoms with Gasteiger partial charge in [0.15, 0.2) is 0 Å². The zero-order valence-corrected chi connectivity index (χ0v) is 13.8. The molecule has 7 heteroatoms. The van der Waals surface area contributed by atoms with Gasteiger partial charge in [0.2, 0.25) is 10.0 Å². The van der Waals surface area contributed by atoms with Crippen LogP contribution in [0.2, 0.25) is 5.02 Å². The summed E-state index contributed by atoms with van der Waals surface area (Å²) in [5.74, 6) is 0.188. The summed E-state index contributed by atoms with van der Waals surface area (Å²) in [7, 11) is -3.62. The van der Waals surface area contributed by atoms with Crippen molar-refractivity contribution in [3.05, 3.63) is 35.5 Å². The van der Waals surface area contributed by atoms with Crippen LogP contribution in [0.25, 0.3) is 10.9 Å². The Labute approximate surface area is 135 Å². The summed E-state index contributed by atoms with van der Waals surface area (Å²) in [6, 6.07) is 6.75. The van der Waals surface area contributed by atoms with Gasteiger partial charge in [0.05, 0.1) is 5.52 Å². The number of sulfonamides is 1. The summed E-state index contributed by atoms with van der Waals surface area (Å²) in [6.45, 7) is 2.84. The first kappa shape index (κ1) is 15.7. The van der Waals surface area contributed by atoms with Crippen molar-refractivity contribution in [1.29, 1.82) is 0 Å². The molecule has 1 saturated heterocycles. The van der Waals surface area contributed by atoms with Crippen LogP contribution >= 0.6 is 11.6 Å². The average molecular weight is 340 g/mol. The molecule has 1 aliphatic heterocycles. The first-order chi connectivity index (χ1) is 10.4. The lowest BCUT2D eigenvalue weighted by Gasteiger charge is -2.19. The molecule has 0 amide bonds. The van der Waals surface area contributed by atoms with E-state index in [4.69, 9.17) is 17.3 Å². The summed E-state index contributed by atoms with van der Waals surface area (Å²) in [4.78, 5) is 4.39. The SMILES string of the molecule is CC(N)C1CCN(S(=O)(=O)c2cc(Cl)cc3cccnc23)C1. The maximum Gasteiger partial charge on any atom is 0.245 e. The molecule has 1 fully saturated rings. The van der Waals surface area contributed by atoms with E-state index in [9.17, 15) is 8.42 Å². The number of hydrogen-bond donors (Lipinski definition) is 1. The Kier molecular flexibility index (Phi) is 4.11. The molecule has 2 aromatic rings. The van der Waals surface area contributed by atoms with Crippen LogP contribution in [0.1, 0.15) is 13.3 Å². The molecule has 2 unspecified atom stereocenters. The first-order valence-electron chi connectivity index (χ1n) is 7.19. The largest absolute Gasteiger partial charge is 0.328 e. The third-order valence-electron chi connectivity index (χ3n) is 4.18. The van der Waals surface area contributed by atoms with Gasteiger partial charge in [-0.05, 0) is 37.5 Å². The highest BCUT2D eigenvalue weighted by molar-refractivity contribution is 7.89. The lowest BCUT2D eigenvalue weighted by molar-refractivity contribution is 0.429. The average Bonchev–Trinajstić information content (AvgIpc) is 2.97. The van der Waals surface area contributed by atoms with Gasteiger partial charge in [-0.2, -0.15) is 4.31 Å². The van der Waals surface area contributed by atoms with Crippen molar-refractivity contribution >= 4 is 32.5 Å². The predicted molar refractivity (Wildman–Crippen MR) is 87.3 cm³/mol. The standard InChI is InChI=1S/C15H18ClN3O2S/c1-10(17)12-4-6-19(9-12)22(20,21)14-8-13(16)7-11-3-2-5-18-15(11)14/h2-3,5,7-8,10,12H,4,6,9,17H2,1H3. The molecule has 2 heterocycles. The van der Waals surface area contributed by atoms with Crippen LogP contribution in [0.15, 0.2) is 35.4 Å². The number of aromatic nitrogens is 1. The van der Waals surface area contributed by atoms with Crippen LogP contribution in [0.5, 0.6) is 0 Å². The van der Waals surface area contributed by atoms with Crippen LogP contribution in [0.3, 0.4) is 0 Å². The number of nitrogens with two attached hydrogens (primary N) is 1. The smallest absolute Gasteiger partial charge is 0.245 e. The highest BCUT2D eigenvalue weighted by Crippen LogP contribution is 2.31. The normalized spacial score (nSPS) is 21.3. The molecule has 1 aliphatic rings. The Morgan fingerprint density at radius 3 is 2.91 bits per heavy atom. The molecule has 0 radical (unpaired) electrons. The number of hydrogen-bond acceptors (Lipinski definition) is 4. The summed E-state index contributed by atoms with van der Waals surface area (Å²) >= 11 is 6.08. The lowest BCUT2D eigenvalue weighted by Crippen LogP contribution is -2.33. The number of halogens is 1. The van der Waals surface area contributed by atoms with Gasteiger partial charge in [0.25, 0.3) is 0 Å². The Bertz CT molecular complexity index is 808. The van der Waals surface area contributed by atoms with Crippen molar-refractivity contribution in [2.24, 2.45) is 11.7 Å². The summed E-state index contributed by atoms with van der Waals surface area (Å²) in [5.41, 5.74) is 6.36. The molecule has 5 nitrogen and oxygen atoms in total. The number of rotatable bonds is 3. The molecule has 2 N–H and O–H groups in total. The maximum absolute atomic E-state index is 13.0. The van der Waals surface area contributed by atoms with Crippen molar-refractivity contribution in [2.75, 3.05) is 13.1 Å². The topological polar surface area (TPSA) is 76.3 Å². The third kappa shape index (κ3) is 2.72. The number of benzene rings is 1. The fourth-order valence-electron chi connectivity index (χ4n) is 2.86. The van der Waals surface area contributed by atoms with E-state index in [1.165, 1.54) is 10.4 Å². The fourth-order valence-corrected chi connectivity index (χ4v) is 4.85. The van der Waals surface area contributed by atoms with E-state index in [2.05, 4.69) is 4.98 Å². The molecule has 0 bridgehead atoms. The van der Waals surface area contributed by atoms with Gasteiger partial charge in [-0.15, -0.1) is 0 Å². The molecular weight excluding hydrogens is 322 g/mol. The van der Waals surface area contributed by atoms with Crippen LogP contribution in [0.4, 0.5) is 0 Å². The Balaban J connectivity index is 2.07. The molecule has 1 aromatic carbocycles. The van der Waals surface area contributed by atoms with E-state index in [0.29, 0.717) is 23.6 Å². The van der Waals surface area contributed by atoms with Crippen LogP contribution in [0, 0.1) is 5.92 Å². The number of fused-ring (bicyclic) bond motifs is 1. The zero-order valence-electron chi connectivity index (χ0n) is 12.2. The van der Waals surface area contributed by atoms with E-state index in [1.54, 1.807) is 18.3 Å². The van der Waals surface area contributed by atoms with Crippen molar-refractivity contribution in [3.63, 3.8) is 0 Å². The quantitative estimate of drug-likeness (QED) is 0.930. The second-order valence-corrected chi connectivity index (χ2v) is 8.09. The third-order valence-corrected chi connectivity index (χ3v) is 6.28. The zero-order chi connectivity index (χ0) is 15.9. The second kappa shape index (κ2) is 5.77. The van der Waals surface area contributed by atoms with E-state index in [0.717, 1.165) is 11.8 Å². The summed E-state index contributed by atoms with van der Waals surface area (Å²) in [5, 5.41) is 1.11. The lowest BCUT2D eigenvalue weighted by atomic mass is 10.0. The van der Waals surface area contributed by atoms with Gasteiger partial charge in [0, 0.05) is 35.7 Å². The van der Waals surface area contributed by atoms with Crippen molar-refractivity contribution in [1.82, 2.24) is 9.29 Å². The van der Waals surface area contributed by atoms with Crippen LogP contribution < -0.4 is 5.73 Å². The van der Waals surface area contributed by atoms with Crippen molar-refractivity contribution in [3.8, 4) is 0 Å². The minimum Gasteiger partial charge on any atom is -0.328 e. The van der Waals surface area contributed by atoms with E-state index in [-0.39, 0.29) is 16.9 Å². The molecule has 0 spiro atoms. The van der Waals surface area contributed by atoms with E-state index < -0.39 is 10.0 Å². The Morgan fingerprint density at radius 1 is 1.45 bits per heavy atom. The van der Waals surface area contributed by atoms with Crippen molar-refractivity contribution < 1.29 is 8.42 Å². The molecule has 118 valence electrons. The molecule has 2 atom stereocenters. The van der Waals surface area contributed by atoms with Crippen LogP contribution in [-0.4, -0.2) is 36.8 Å². The monoisotopic (exact) mass is 339 g/mol. The minimum absolute atomic E-state index is 0.0190. The van der Waals surface area contributed by atoms with Gasteiger partial charge in [-0.1, -0.05) is 17.7 Å². The first-order valence-corrected chi connectivity index (χ1v) is 9.01. The molecule has 0 aliphatic carbocycles. The summed E-state index contributed by atoms with van der Waals surface area (Å²) < 4.78 is 27.4. The summed E-state index contributed by atoms with van der Waals surface area (Å²) in [6.07, 6.45) is 2.37. The van der Waals surface area contributed by atoms with E-state index >= 15 is 0 Å². The fraction of sp³-hybridized carbons (Fsp3) is 0.400. The molecule has 0 saturated carbocycles. The number of pyridine rings is 1. The minimum atomic E-state index is -3.62. The Hall–Kier alpha value is -1.21. The highest BCUT2D eigenvalue weighted by Gasteiger charge is 2.35.